The van der Waals surface area contributed by atoms with E-state index in [1.165, 1.54) is 18.3 Å². The molecule has 1 N–H and O–H groups in total. The zero-order chi connectivity index (χ0) is 18.0. The molecule has 1 aromatic carbocycles. The molecule has 0 bridgehead atoms. The Labute approximate surface area is 151 Å². The number of nitrogens with one attached hydrogen (secondary N) is 1. The van der Waals surface area contributed by atoms with Crippen LogP contribution >= 0.6 is 11.6 Å². The zero-order valence-corrected chi connectivity index (χ0v) is 14.9. The molecule has 0 spiro atoms. The smallest absolute Gasteiger partial charge is 0.271 e. The van der Waals surface area contributed by atoms with Crippen LogP contribution in [0, 0.1) is 5.82 Å². The second-order valence-electron chi connectivity index (χ2n) is 6.02. The monoisotopic (exact) mass is 362 g/mol. The number of amides is 1. The highest BCUT2D eigenvalue weighted by molar-refractivity contribution is 6.33. The third-order valence-corrected chi connectivity index (χ3v) is 4.65. The van der Waals surface area contributed by atoms with Crippen LogP contribution in [0.1, 0.15) is 42.2 Å². The van der Waals surface area contributed by atoms with Crippen LogP contribution in [0.4, 0.5) is 10.3 Å². The molecule has 5 nitrogen and oxygen atoms in total. The van der Waals surface area contributed by atoms with Crippen molar-refractivity contribution in [1.29, 1.82) is 0 Å². The Morgan fingerprint density at radius 3 is 2.84 bits per heavy atom. The SMILES string of the molecule is CCN(CC)c1ncc(Cl)c(C(=O)N[C@H]2C[C@H]2c2cccc(F)c2)n1. The molecule has 0 unspecified atom stereocenters. The van der Waals surface area contributed by atoms with E-state index < -0.39 is 0 Å². The Bertz CT molecular complexity index is 781. The molecule has 132 valence electrons. The summed E-state index contributed by atoms with van der Waals surface area (Å²) < 4.78 is 13.3. The Kier molecular flexibility index (Phi) is 5.18. The molecule has 1 heterocycles. The Morgan fingerprint density at radius 2 is 2.16 bits per heavy atom. The molecule has 0 radical (unpaired) electrons. The number of carbonyl (C=O) groups excluding carboxylic acids is 1. The van der Waals surface area contributed by atoms with Gasteiger partial charge in [0, 0.05) is 25.0 Å². The molecular weight excluding hydrogens is 343 g/mol. The molecule has 7 heteroatoms. The van der Waals surface area contributed by atoms with E-state index in [0.717, 1.165) is 25.1 Å². The van der Waals surface area contributed by atoms with Crippen molar-refractivity contribution in [1.82, 2.24) is 15.3 Å². The van der Waals surface area contributed by atoms with E-state index in [2.05, 4.69) is 15.3 Å². The van der Waals surface area contributed by atoms with Crippen LogP contribution in [0.2, 0.25) is 5.02 Å². The summed E-state index contributed by atoms with van der Waals surface area (Å²) in [6.45, 7) is 5.47. The number of carbonyl (C=O) groups is 1. The Morgan fingerprint density at radius 1 is 1.40 bits per heavy atom. The molecule has 1 aromatic heterocycles. The molecule has 1 aliphatic rings. The van der Waals surface area contributed by atoms with Gasteiger partial charge in [0.2, 0.25) is 5.95 Å². The van der Waals surface area contributed by atoms with Gasteiger partial charge in [-0.1, -0.05) is 23.7 Å². The van der Waals surface area contributed by atoms with Crippen molar-refractivity contribution in [3.63, 3.8) is 0 Å². The van der Waals surface area contributed by atoms with Gasteiger partial charge in [-0.3, -0.25) is 4.79 Å². The van der Waals surface area contributed by atoms with Crippen LogP contribution in [-0.2, 0) is 0 Å². The molecule has 2 atom stereocenters. The molecule has 25 heavy (non-hydrogen) atoms. The maximum atomic E-state index is 13.3. The number of benzene rings is 1. The van der Waals surface area contributed by atoms with Gasteiger partial charge in [-0.2, -0.15) is 0 Å². The van der Waals surface area contributed by atoms with Crippen LogP contribution in [0.15, 0.2) is 30.5 Å². The Hall–Kier alpha value is -2.21. The normalized spacial score (nSPS) is 18.7. The first-order valence-electron chi connectivity index (χ1n) is 8.37. The minimum absolute atomic E-state index is 0.0303. The standard InChI is InChI=1S/C18H20ClFN4O/c1-3-24(4-2)18-21-10-14(19)16(23-18)17(25)22-15-9-13(15)11-6-5-7-12(20)8-11/h5-8,10,13,15H,3-4,9H2,1-2H3,(H,22,25)/t13-,15-/m0/s1. The van der Waals surface area contributed by atoms with Gasteiger partial charge in [0.1, 0.15) is 5.82 Å². The zero-order valence-electron chi connectivity index (χ0n) is 14.2. The van der Waals surface area contributed by atoms with E-state index in [9.17, 15) is 9.18 Å². The predicted molar refractivity (Wildman–Crippen MR) is 95.6 cm³/mol. The van der Waals surface area contributed by atoms with Crippen molar-refractivity contribution < 1.29 is 9.18 Å². The topological polar surface area (TPSA) is 58.1 Å². The van der Waals surface area contributed by atoms with Crippen molar-refractivity contribution >= 4 is 23.5 Å². The quantitative estimate of drug-likeness (QED) is 0.855. The van der Waals surface area contributed by atoms with Gasteiger partial charge < -0.3 is 10.2 Å². The molecule has 1 fully saturated rings. The molecule has 1 saturated carbocycles. The summed E-state index contributed by atoms with van der Waals surface area (Å²) in [6, 6.07) is 6.44. The number of halogens is 2. The highest BCUT2D eigenvalue weighted by atomic mass is 35.5. The largest absolute Gasteiger partial charge is 0.347 e. The highest BCUT2D eigenvalue weighted by Crippen LogP contribution is 2.41. The fraction of sp³-hybridized carbons (Fsp3) is 0.389. The van der Waals surface area contributed by atoms with E-state index in [-0.39, 0.29) is 34.4 Å². The molecule has 2 aromatic rings. The average molecular weight is 363 g/mol. The number of hydrogen-bond donors (Lipinski definition) is 1. The van der Waals surface area contributed by atoms with Crippen LogP contribution in [0.5, 0.6) is 0 Å². The van der Waals surface area contributed by atoms with Crippen molar-refractivity contribution in [2.24, 2.45) is 0 Å². The number of rotatable bonds is 6. The van der Waals surface area contributed by atoms with E-state index in [1.807, 2.05) is 24.8 Å². The number of nitrogens with zero attached hydrogens (tertiary/aromatic N) is 3. The van der Waals surface area contributed by atoms with Crippen molar-refractivity contribution in [3.05, 3.63) is 52.6 Å². The average Bonchev–Trinajstić information content (AvgIpc) is 3.36. The van der Waals surface area contributed by atoms with Crippen molar-refractivity contribution in [2.75, 3.05) is 18.0 Å². The lowest BCUT2D eigenvalue weighted by molar-refractivity contribution is 0.0945. The van der Waals surface area contributed by atoms with Gasteiger partial charge in [0.15, 0.2) is 5.69 Å². The fourth-order valence-corrected chi connectivity index (χ4v) is 3.05. The lowest BCUT2D eigenvalue weighted by Crippen LogP contribution is -2.30. The van der Waals surface area contributed by atoms with E-state index >= 15 is 0 Å². The van der Waals surface area contributed by atoms with Crippen molar-refractivity contribution in [2.45, 2.75) is 32.2 Å². The summed E-state index contributed by atoms with van der Waals surface area (Å²) >= 11 is 6.11. The molecule has 0 aliphatic heterocycles. The minimum atomic E-state index is -0.329. The summed E-state index contributed by atoms with van der Waals surface area (Å²) in [4.78, 5) is 23.0. The minimum Gasteiger partial charge on any atom is -0.347 e. The number of hydrogen-bond acceptors (Lipinski definition) is 4. The first-order valence-corrected chi connectivity index (χ1v) is 8.75. The lowest BCUT2D eigenvalue weighted by Gasteiger charge is -2.19. The maximum absolute atomic E-state index is 13.3. The summed E-state index contributed by atoms with van der Waals surface area (Å²) in [5.74, 6) is 0.0152. The molecule has 1 amide bonds. The first-order chi connectivity index (χ1) is 12.0. The predicted octanol–water partition coefficient (Wildman–Crippen LogP) is 3.40. The molecule has 1 aliphatic carbocycles. The second-order valence-corrected chi connectivity index (χ2v) is 6.42. The van der Waals surface area contributed by atoms with Gasteiger partial charge in [0.05, 0.1) is 11.2 Å². The van der Waals surface area contributed by atoms with Crippen LogP contribution in [0.25, 0.3) is 0 Å². The maximum Gasteiger partial charge on any atom is 0.271 e. The van der Waals surface area contributed by atoms with Crippen LogP contribution in [-0.4, -0.2) is 35.0 Å². The summed E-state index contributed by atoms with van der Waals surface area (Å²) in [7, 11) is 0. The van der Waals surface area contributed by atoms with E-state index in [4.69, 9.17) is 11.6 Å². The lowest BCUT2D eigenvalue weighted by atomic mass is 10.1. The summed E-state index contributed by atoms with van der Waals surface area (Å²) in [5, 5.41) is 3.15. The molecule has 0 saturated heterocycles. The van der Waals surface area contributed by atoms with Crippen molar-refractivity contribution in [3.8, 4) is 0 Å². The van der Waals surface area contributed by atoms with Gasteiger partial charge in [0.25, 0.3) is 5.91 Å². The molecule has 3 rings (SSSR count). The summed E-state index contributed by atoms with van der Waals surface area (Å²) in [5.41, 5.74) is 1.06. The second kappa shape index (κ2) is 7.35. The first kappa shape index (κ1) is 17.6. The third-order valence-electron chi connectivity index (χ3n) is 4.38. The number of anilines is 1. The van der Waals surface area contributed by atoms with E-state index in [0.29, 0.717) is 5.95 Å². The van der Waals surface area contributed by atoms with Gasteiger partial charge >= 0.3 is 0 Å². The fourth-order valence-electron chi connectivity index (χ4n) is 2.87. The van der Waals surface area contributed by atoms with Gasteiger partial charge in [-0.25, -0.2) is 14.4 Å². The summed E-state index contributed by atoms with van der Waals surface area (Å²) in [6.07, 6.45) is 2.23. The van der Waals surface area contributed by atoms with Gasteiger partial charge in [-0.15, -0.1) is 0 Å². The highest BCUT2D eigenvalue weighted by Gasteiger charge is 2.40. The Balaban J connectivity index is 1.71. The van der Waals surface area contributed by atoms with Gasteiger partial charge in [-0.05, 0) is 38.0 Å². The van der Waals surface area contributed by atoms with E-state index in [1.54, 1.807) is 6.07 Å². The van der Waals surface area contributed by atoms with Crippen LogP contribution < -0.4 is 10.2 Å². The molecular formula is C18H20ClFN4O. The third kappa shape index (κ3) is 3.90. The number of aromatic nitrogens is 2. The van der Waals surface area contributed by atoms with Crippen LogP contribution in [0.3, 0.4) is 0 Å².